The van der Waals surface area contributed by atoms with E-state index in [9.17, 15) is 4.79 Å². The van der Waals surface area contributed by atoms with Crippen molar-refractivity contribution in [2.75, 3.05) is 5.33 Å². The van der Waals surface area contributed by atoms with Gasteiger partial charge in [-0.2, -0.15) is 0 Å². The lowest BCUT2D eigenvalue weighted by molar-refractivity contribution is -0.132. The molecule has 1 N–H and O–H groups in total. The summed E-state index contributed by atoms with van der Waals surface area (Å²) in [4.78, 5) is 10.6. The predicted molar refractivity (Wildman–Crippen MR) is 55.8 cm³/mol. The second kappa shape index (κ2) is 4.82. The number of alkyl halides is 1. The Kier molecular flexibility index (Phi) is 3.71. The zero-order chi connectivity index (χ0) is 9.68. The number of halogens is 1. The van der Waals surface area contributed by atoms with Crippen LogP contribution < -0.4 is 0 Å². The zero-order valence-electron chi connectivity index (χ0n) is 6.90. The van der Waals surface area contributed by atoms with E-state index in [0.717, 1.165) is 5.56 Å². The molecular formula is C10H9BrO2. The van der Waals surface area contributed by atoms with Gasteiger partial charge < -0.3 is 5.11 Å². The zero-order valence-corrected chi connectivity index (χ0v) is 8.49. The van der Waals surface area contributed by atoms with Crippen molar-refractivity contribution < 1.29 is 9.90 Å². The Bertz CT molecular complexity index is 317. The number of hydrogen-bond donors (Lipinski definition) is 1. The molecule has 1 aromatic rings. The second-order valence-electron chi connectivity index (χ2n) is 2.52. The van der Waals surface area contributed by atoms with Crippen molar-refractivity contribution in [2.24, 2.45) is 0 Å². The van der Waals surface area contributed by atoms with Crippen molar-refractivity contribution in [3.05, 3.63) is 41.5 Å². The summed E-state index contributed by atoms with van der Waals surface area (Å²) < 4.78 is 0. The maximum Gasteiger partial charge on any atom is 0.332 e. The van der Waals surface area contributed by atoms with E-state index in [1.165, 1.54) is 0 Å². The van der Waals surface area contributed by atoms with Crippen molar-refractivity contribution in [1.82, 2.24) is 0 Å². The van der Waals surface area contributed by atoms with Crippen molar-refractivity contribution >= 4 is 28.0 Å². The van der Waals surface area contributed by atoms with E-state index in [-0.39, 0.29) is 0 Å². The Balaban J connectivity index is 2.92. The molecular weight excluding hydrogens is 232 g/mol. The topological polar surface area (TPSA) is 37.3 Å². The highest BCUT2D eigenvalue weighted by Gasteiger charge is 2.03. The van der Waals surface area contributed by atoms with Crippen LogP contribution in [0.1, 0.15) is 5.56 Å². The SMILES string of the molecule is O=C(O)/C(=C\c1ccccc1)CBr. The lowest BCUT2D eigenvalue weighted by atomic mass is 10.1. The van der Waals surface area contributed by atoms with Crippen molar-refractivity contribution in [2.45, 2.75) is 0 Å². The predicted octanol–water partition coefficient (Wildman–Crippen LogP) is 2.55. The van der Waals surface area contributed by atoms with Crippen LogP contribution >= 0.6 is 15.9 Å². The van der Waals surface area contributed by atoms with Gasteiger partial charge in [-0.1, -0.05) is 46.3 Å². The van der Waals surface area contributed by atoms with Crippen molar-refractivity contribution in [3.63, 3.8) is 0 Å². The third-order valence-electron chi connectivity index (χ3n) is 1.56. The molecule has 1 aromatic carbocycles. The quantitative estimate of drug-likeness (QED) is 0.652. The average Bonchev–Trinajstić information content (AvgIpc) is 2.15. The maximum atomic E-state index is 10.6. The van der Waals surface area contributed by atoms with E-state index in [0.29, 0.717) is 10.9 Å². The summed E-state index contributed by atoms with van der Waals surface area (Å²) in [6.45, 7) is 0. The second-order valence-corrected chi connectivity index (χ2v) is 3.08. The normalized spacial score (nSPS) is 11.3. The summed E-state index contributed by atoms with van der Waals surface area (Å²) in [5.74, 6) is -0.888. The van der Waals surface area contributed by atoms with Gasteiger partial charge in [0.2, 0.25) is 0 Å². The lowest BCUT2D eigenvalue weighted by Crippen LogP contribution is -2.00. The molecule has 0 atom stereocenters. The summed E-state index contributed by atoms with van der Waals surface area (Å²) in [6.07, 6.45) is 1.65. The van der Waals surface area contributed by atoms with E-state index < -0.39 is 5.97 Å². The van der Waals surface area contributed by atoms with Gasteiger partial charge in [0.05, 0.1) is 0 Å². The molecule has 0 aromatic heterocycles. The number of aliphatic carboxylic acids is 1. The van der Waals surface area contributed by atoms with Crippen LogP contribution in [0.15, 0.2) is 35.9 Å². The fourth-order valence-corrected chi connectivity index (χ4v) is 1.31. The van der Waals surface area contributed by atoms with Gasteiger partial charge in [0.25, 0.3) is 0 Å². The molecule has 0 fully saturated rings. The number of rotatable bonds is 3. The summed E-state index contributed by atoms with van der Waals surface area (Å²) >= 11 is 3.12. The Morgan fingerprint density at radius 3 is 2.46 bits per heavy atom. The molecule has 0 aliphatic heterocycles. The number of benzene rings is 1. The van der Waals surface area contributed by atoms with Gasteiger partial charge in [-0.05, 0) is 11.6 Å². The number of carbonyl (C=O) groups is 1. The smallest absolute Gasteiger partial charge is 0.332 e. The van der Waals surface area contributed by atoms with Gasteiger partial charge in [0.1, 0.15) is 0 Å². The van der Waals surface area contributed by atoms with E-state index in [2.05, 4.69) is 15.9 Å². The molecule has 0 aliphatic rings. The molecule has 0 unspecified atom stereocenters. The first-order valence-electron chi connectivity index (χ1n) is 3.79. The highest BCUT2D eigenvalue weighted by molar-refractivity contribution is 9.09. The molecule has 2 nitrogen and oxygen atoms in total. The molecule has 0 amide bonds. The lowest BCUT2D eigenvalue weighted by Gasteiger charge is -1.96. The molecule has 3 heteroatoms. The Morgan fingerprint density at radius 2 is 2.00 bits per heavy atom. The summed E-state index contributed by atoms with van der Waals surface area (Å²) in [5, 5.41) is 9.09. The molecule has 68 valence electrons. The highest BCUT2D eigenvalue weighted by atomic mass is 79.9. The molecule has 0 saturated carbocycles. The first kappa shape index (κ1) is 9.99. The third kappa shape index (κ3) is 3.03. The first-order chi connectivity index (χ1) is 6.24. The molecule has 0 saturated heterocycles. The van der Waals surface area contributed by atoms with Crippen molar-refractivity contribution in [1.29, 1.82) is 0 Å². The average molecular weight is 241 g/mol. The summed E-state index contributed by atoms with van der Waals surface area (Å²) in [7, 11) is 0. The van der Waals surface area contributed by atoms with Gasteiger partial charge in [-0.3, -0.25) is 0 Å². The van der Waals surface area contributed by atoms with Gasteiger partial charge in [0, 0.05) is 10.9 Å². The molecule has 0 aliphatic carbocycles. The van der Waals surface area contributed by atoms with Crippen LogP contribution in [-0.2, 0) is 4.79 Å². The minimum Gasteiger partial charge on any atom is -0.478 e. The molecule has 0 radical (unpaired) electrons. The minimum absolute atomic E-state index is 0.353. The minimum atomic E-state index is -0.888. The van der Waals surface area contributed by atoms with Crippen LogP contribution in [0.4, 0.5) is 0 Å². The van der Waals surface area contributed by atoms with Crippen LogP contribution in [0.5, 0.6) is 0 Å². The van der Waals surface area contributed by atoms with Gasteiger partial charge in [0.15, 0.2) is 0 Å². The van der Waals surface area contributed by atoms with Crippen LogP contribution in [-0.4, -0.2) is 16.4 Å². The first-order valence-corrected chi connectivity index (χ1v) is 4.91. The Hall–Kier alpha value is -1.09. The van der Waals surface area contributed by atoms with E-state index in [4.69, 9.17) is 5.11 Å². The summed E-state index contributed by atoms with van der Waals surface area (Å²) in [6, 6.07) is 9.38. The molecule has 0 heterocycles. The fourth-order valence-electron chi connectivity index (χ4n) is 0.908. The summed E-state index contributed by atoms with van der Waals surface area (Å²) in [5.41, 5.74) is 1.26. The monoisotopic (exact) mass is 240 g/mol. The number of hydrogen-bond acceptors (Lipinski definition) is 1. The third-order valence-corrected chi connectivity index (χ3v) is 2.16. The Labute approximate surface area is 85.0 Å². The van der Waals surface area contributed by atoms with E-state index in [1.54, 1.807) is 6.08 Å². The molecule has 13 heavy (non-hydrogen) atoms. The van der Waals surface area contributed by atoms with Crippen LogP contribution in [0, 0.1) is 0 Å². The number of carboxylic acids is 1. The van der Waals surface area contributed by atoms with Gasteiger partial charge >= 0.3 is 5.97 Å². The molecule has 0 bridgehead atoms. The van der Waals surface area contributed by atoms with E-state index in [1.807, 2.05) is 30.3 Å². The van der Waals surface area contributed by atoms with Gasteiger partial charge in [-0.25, -0.2) is 4.79 Å². The largest absolute Gasteiger partial charge is 0.478 e. The molecule has 1 rings (SSSR count). The molecule has 0 spiro atoms. The van der Waals surface area contributed by atoms with Crippen LogP contribution in [0.25, 0.3) is 6.08 Å². The van der Waals surface area contributed by atoms with Gasteiger partial charge in [-0.15, -0.1) is 0 Å². The standard InChI is InChI=1S/C10H9BrO2/c11-7-9(10(12)13)6-8-4-2-1-3-5-8/h1-6H,7H2,(H,12,13)/b9-6-. The maximum absolute atomic E-state index is 10.6. The number of carboxylic acid groups (broad SMARTS) is 1. The fraction of sp³-hybridized carbons (Fsp3) is 0.100. The van der Waals surface area contributed by atoms with Crippen LogP contribution in [0.2, 0.25) is 0 Å². The van der Waals surface area contributed by atoms with Crippen LogP contribution in [0.3, 0.4) is 0 Å². The van der Waals surface area contributed by atoms with E-state index >= 15 is 0 Å². The highest BCUT2D eigenvalue weighted by Crippen LogP contribution is 2.08. The van der Waals surface area contributed by atoms with Crippen molar-refractivity contribution in [3.8, 4) is 0 Å². The Morgan fingerprint density at radius 1 is 1.38 bits per heavy atom.